The molecular formula is C19H28N3O2+. The molecule has 5 nitrogen and oxygen atoms in total. The van der Waals surface area contributed by atoms with E-state index >= 15 is 0 Å². The molecule has 0 aliphatic carbocycles. The van der Waals surface area contributed by atoms with Gasteiger partial charge in [0, 0.05) is 22.2 Å². The Morgan fingerprint density at radius 2 is 2.00 bits per heavy atom. The maximum absolute atomic E-state index is 12.6. The van der Waals surface area contributed by atoms with Gasteiger partial charge in [-0.3, -0.25) is 4.79 Å². The van der Waals surface area contributed by atoms with Gasteiger partial charge in [0.05, 0.1) is 19.8 Å². The van der Waals surface area contributed by atoms with Crippen LogP contribution in [0.3, 0.4) is 0 Å². The molecule has 1 fully saturated rings. The highest BCUT2D eigenvalue weighted by Crippen LogP contribution is 2.22. The number of aromatic nitrogens is 1. The van der Waals surface area contributed by atoms with Gasteiger partial charge in [0.2, 0.25) is 0 Å². The van der Waals surface area contributed by atoms with Gasteiger partial charge in [-0.2, -0.15) is 0 Å². The van der Waals surface area contributed by atoms with Crippen molar-refractivity contribution in [2.24, 2.45) is 0 Å². The molecule has 24 heavy (non-hydrogen) atoms. The number of quaternary nitrogens is 1. The highest BCUT2D eigenvalue weighted by Gasteiger charge is 2.32. The fourth-order valence-corrected chi connectivity index (χ4v) is 3.43. The molecule has 1 amide bonds. The van der Waals surface area contributed by atoms with Crippen molar-refractivity contribution in [2.45, 2.75) is 33.2 Å². The van der Waals surface area contributed by atoms with E-state index in [0.29, 0.717) is 6.54 Å². The van der Waals surface area contributed by atoms with E-state index in [1.165, 1.54) is 10.5 Å². The van der Waals surface area contributed by atoms with Gasteiger partial charge in [-0.25, -0.2) is 0 Å². The molecular weight excluding hydrogens is 302 g/mol. The Hall–Kier alpha value is -1.85. The molecule has 5 heteroatoms. The van der Waals surface area contributed by atoms with Gasteiger partial charge in [-0.05, 0) is 51.5 Å². The van der Waals surface area contributed by atoms with Gasteiger partial charge in [-0.15, -0.1) is 0 Å². The van der Waals surface area contributed by atoms with E-state index in [-0.39, 0.29) is 11.4 Å². The highest BCUT2D eigenvalue weighted by atomic mass is 16.5. The van der Waals surface area contributed by atoms with E-state index < -0.39 is 0 Å². The normalized spacial score (nSPS) is 16.5. The van der Waals surface area contributed by atoms with Gasteiger partial charge in [0.1, 0.15) is 18.6 Å². The predicted molar refractivity (Wildman–Crippen MR) is 95.7 cm³/mol. The minimum absolute atomic E-state index is 0.00381. The first kappa shape index (κ1) is 17.0. The number of carbonyl (C=O) groups is 1. The van der Waals surface area contributed by atoms with Crippen LogP contribution in [0, 0.1) is 13.8 Å². The first-order chi connectivity index (χ1) is 11.4. The van der Waals surface area contributed by atoms with Crippen LogP contribution < -0.4 is 10.2 Å². The summed E-state index contributed by atoms with van der Waals surface area (Å²) in [4.78, 5) is 17.4. The Morgan fingerprint density at radius 1 is 1.29 bits per heavy atom. The van der Waals surface area contributed by atoms with Gasteiger partial charge in [-0.1, -0.05) is 0 Å². The average Bonchev–Trinajstić information content (AvgIpc) is 2.87. The van der Waals surface area contributed by atoms with Crippen LogP contribution in [0.5, 0.6) is 0 Å². The summed E-state index contributed by atoms with van der Waals surface area (Å²) < 4.78 is 5.43. The summed E-state index contributed by atoms with van der Waals surface area (Å²) in [6, 6.07) is 5.86. The molecule has 0 spiro atoms. The van der Waals surface area contributed by atoms with E-state index in [1.54, 1.807) is 0 Å². The molecule has 130 valence electrons. The fraction of sp³-hybridized carbons (Fsp3) is 0.526. The van der Waals surface area contributed by atoms with Crippen molar-refractivity contribution >= 4 is 16.8 Å². The molecule has 0 radical (unpaired) electrons. The molecule has 1 saturated heterocycles. The topological polar surface area (TPSA) is 58.6 Å². The van der Waals surface area contributed by atoms with Crippen LogP contribution in [-0.4, -0.2) is 49.3 Å². The van der Waals surface area contributed by atoms with Crippen molar-refractivity contribution in [1.82, 2.24) is 10.3 Å². The molecule has 0 bridgehead atoms. The van der Waals surface area contributed by atoms with Crippen LogP contribution in [-0.2, 0) is 4.74 Å². The SMILES string of the molecule is Cc1[nH]c2ccc(C(=O)NCC(C)(C)[NH+]3CCOCC3)cc2c1C. The number of fused-ring (bicyclic) bond motifs is 1. The number of hydrogen-bond donors (Lipinski definition) is 3. The number of carbonyl (C=O) groups excluding carboxylic acids is 1. The maximum atomic E-state index is 12.6. The zero-order valence-corrected chi connectivity index (χ0v) is 15.1. The molecule has 0 atom stereocenters. The smallest absolute Gasteiger partial charge is 0.251 e. The molecule has 0 unspecified atom stereocenters. The number of hydrogen-bond acceptors (Lipinski definition) is 2. The highest BCUT2D eigenvalue weighted by molar-refractivity contribution is 5.99. The van der Waals surface area contributed by atoms with Gasteiger partial charge in [0.15, 0.2) is 0 Å². The lowest BCUT2D eigenvalue weighted by atomic mass is 10.0. The Labute approximate surface area is 143 Å². The van der Waals surface area contributed by atoms with Crippen molar-refractivity contribution < 1.29 is 14.4 Å². The standard InChI is InChI=1S/C19H27N3O2/c1-13-14(2)21-17-6-5-15(11-16(13)17)18(23)20-12-19(3,4)22-7-9-24-10-8-22/h5-6,11,21H,7-10,12H2,1-4H3,(H,20,23)/p+1. The third-order valence-electron chi connectivity index (χ3n) is 5.31. The molecule has 1 aliphatic rings. The van der Waals surface area contributed by atoms with Crippen molar-refractivity contribution in [3.05, 3.63) is 35.0 Å². The second-order valence-corrected chi connectivity index (χ2v) is 7.42. The van der Waals surface area contributed by atoms with Gasteiger partial charge >= 0.3 is 0 Å². The average molecular weight is 330 g/mol. The summed E-state index contributed by atoms with van der Waals surface area (Å²) >= 11 is 0. The molecule has 2 heterocycles. The zero-order chi connectivity index (χ0) is 17.3. The predicted octanol–water partition coefficient (Wildman–Crippen LogP) is 1.21. The van der Waals surface area contributed by atoms with Crippen molar-refractivity contribution in [3.63, 3.8) is 0 Å². The zero-order valence-electron chi connectivity index (χ0n) is 15.1. The lowest BCUT2D eigenvalue weighted by molar-refractivity contribution is -0.954. The van der Waals surface area contributed by atoms with Gasteiger partial charge in [0.25, 0.3) is 5.91 Å². The maximum Gasteiger partial charge on any atom is 0.251 e. The van der Waals surface area contributed by atoms with Crippen molar-refractivity contribution in [1.29, 1.82) is 0 Å². The molecule has 2 aromatic rings. The van der Waals surface area contributed by atoms with E-state index in [2.05, 4.69) is 38.0 Å². The molecule has 1 aliphatic heterocycles. The quantitative estimate of drug-likeness (QED) is 0.789. The van der Waals surface area contributed by atoms with Crippen molar-refractivity contribution in [2.75, 3.05) is 32.8 Å². The number of H-pyrrole nitrogens is 1. The largest absolute Gasteiger partial charge is 0.370 e. The lowest BCUT2D eigenvalue weighted by Gasteiger charge is -2.37. The van der Waals surface area contributed by atoms with E-state index in [4.69, 9.17) is 4.74 Å². The number of morpholine rings is 1. The second-order valence-electron chi connectivity index (χ2n) is 7.42. The minimum atomic E-state index is -0.00381. The number of rotatable bonds is 4. The third kappa shape index (κ3) is 3.32. The number of benzene rings is 1. The summed E-state index contributed by atoms with van der Waals surface area (Å²) in [5.41, 5.74) is 4.17. The first-order valence-corrected chi connectivity index (χ1v) is 8.68. The Bertz CT molecular complexity index is 742. The number of ether oxygens (including phenoxy) is 1. The number of nitrogens with one attached hydrogen (secondary N) is 3. The molecule has 3 rings (SSSR count). The Balaban J connectivity index is 1.69. The lowest BCUT2D eigenvalue weighted by Crippen LogP contribution is -3.22. The Kier molecular flexibility index (Phi) is 4.65. The van der Waals surface area contributed by atoms with Crippen LogP contribution in [0.15, 0.2) is 18.2 Å². The summed E-state index contributed by atoms with van der Waals surface area (Å²) in [5, 5.41) is 4.24. The summed E-state index contributed by atoms with van der Waals surface area (Å²) in [5.74, 6) is -0.00381. The van der Waals surface area contributed by atoms with Crippen LogP contribution in [0.1, 0.15) is 35.5 Å². The Morgan fingerprint density at radius 3 is 2.71 bits per heavy atom. The minimum Gasteiger partial charge on any atom is -0.370 e. The third-order valence-corrected chi connectivity index (χ3v) is 5.31. The first-order valence-electron chi connectivity index (χ1n) is 8.68. The van der Waals surface area contributed by atoms with Crippen LogP contribution in [0.4, 0.5) is 0 Å². The summed E-state index contributed by atoms with van der Waals surface area (Å²) in [6.45, 7) is 12.8. The van der Waals surface area contributed by atoms with Crippen LogP contribution in [0.25, 0.3) is 10.9 Å². The van der Waals surface area contributed by atoms with E-state index in [0.717, 1.165) is 48.5 Å². The van der Waals surface area contributed by atoms with E-state index in [1.807, 2.05) is 18.2 Å². The van der Waals surface area contributed by atoms with Crippen molar-refractivity contribution in [3.8, 4) is 0 Å². The fourth-order valence-electron chi connectivity index (χ4n) is 3.43. The second kappa shape index (κ2) is 6.57. The summed E-state index contributed by atoms with van der Waals surface area (Å²) in [7, 11) is 0. The molecule has 3 N–H and O–H groups in total. The molecule has 1 aromatic heterocycles. The molecule has 1 aromatic carbocycles. The van der Waals surface area contributed by atoms with Gasteiger partial charge < -0.3 is 19.9 Å². The van der Waals surface area contributed by atoms with Crippen LogP contribution in [0.2, 0.25) is 0 Å². The number of amides is 1. The van der Waals surface area contributed by atoms with E-state index in [9.17, 15) is 4.79 Å². The number of aryl methyl sites for hydroxylation is 2. The number of aromatic amines is 1. The summed E-state index contributed by atoms with van der Waals surface area (Å²) in [6.07, 6.45) is 0. The monoisotopic (exact) mass is 330 g/mol. The van der Waals surface area contributed by atoms with Crippen LogP contribution >= 0.6 is 0 Å². The molecule has 0 saturated carbocycles.